The number of rotatable bonds is 3. The molecule has 0 aromatic carbocycles. The van der Waals surface area contributed by atoms with Gasteiger partial charge in [0.2, 0.25) is 0 Å². The van der Waals surface area contributed by atoms with Gasteiger partial charge in [0.15, 0.2) is 0 Å². The van der Waals surface area contributed by atoms with Crippen molar-refractivity contribution in [3.8, 4) is 0 Å². The average Bonchev–Trinajstić information content (AvgIpc) is 3.07. The molecular formula is C22H27N5S. The monoisotopic (exact) mass is 393 g/mol. The lowest BCUT2D eigenvalue weighted by Gasteiger charge is -2.20. The molecule has 0 radical (unpaired) electrons. The van der Waals surface area contributed by atoms with E-state index in [1.54, 1.807) is 11.3 Å². The number of allylic oxidation sites excluding steroid dienone is 2. The van der Waals surface area contributed by atoms with E-state index in [0.717, 1.165) is 64.8 Å². The molecule has 0 amide bonds. The van der Waals surface area contributed by atoms with Crippen molar-refractivity contribution in [3.63, 3.8) is 0 Å². The number of hydrogen-bond acceptors (Lipinski definition) is 6. The van der Waals surface area contributed by atoms with E-state index < -0.39 is 0 Å². The van der Waals surface area contributed by atoms with Gasteiger partial charge in [-0.25, -0.2) is 15.0 Å². The summed E-state index contributed by atoms with van der Waals surface area (Å²) in [4.78, 5) is 19.4. The van der Waals surface area contributed by atoms with Crippen molar-refractivity contribution in [2.75, 3.05) is 13.1 Å². The molecule has 146 valence electrons. The zero-order chi connectivity index (χ0) is 19.5. The van der Waals surface area contributed by atoms with E-state index in [-0.39, 0.29) is 0 Å². The Hall–Kier alpha value is -2.18. The molecule has 4 heterocycles. The number of nitrogens with zero attached hydrogens (tertiary/aromatic N) is 4. The van der Waals surface area contributed by atoms with Gasteiger partial charge in [-0.2, -0.15) is 0 Å². The molecule has 1 saturated heterocycles. The molecule has 28 heavy (non-hydrogen) atoms. The van der Waals surface area contributed by atoms with E-state index in [4.69, 9.17) is 15.0 Å². The number of aliphatic imine (C=N–C) groups is 1. The Balaban J connectivity index is 1.65. The number of hydrogen-bond donors (Lipinski definition) is 1. The van der Waals surface area contributed by atoms with E-state index >= 15 is 0 Å². The summed E-state index contributed by atoms with van der Waals surface area (Å²) < 4.78 is 0. The third-order valence-electron chi connectivity index (χ3n) is 5.33. The minimum Gasteiger partial charge on any atom is -0.317 e. The summed E-state index contributed by atoms with van der Waals surface area (Å²) in [7, 11) is 0. The highest BCUT2D eigenvalue weighted by molar-refractivity contribution is 7.15. The van der Waals surface area contributed by atoms with Crippen LogP contribution in [0, 0.1) is 13.8 Å². The molecule has 0 saturated carbocycles. The molecule has 6 heteroatoms. The fourth-order valence-electron chi connectivity index (χ4n) is 3.76. The summed E-state index contributed by atoms with van der Waals surface area (Å²) in [5.74, 6) is 0.586. The van der Waals surface area contributed by atoms with Gasteiger partial charge in [0.05, 0.1) is 33.2 Å². The Kier molecular flexibility index (Phi) is 5.78. The van der Waals surface area contributed by atoms with Crippen molar-refractivity contribution in [1.82, 2.24) is 15.3 Å². The Morgan fingerprint density at radius 3 is 2.79 bits per heavy atom. The average molecular weight is 394 g/mol. The maximum Gasteiger partial charge on any atom is 0.139 e. The Labute approximate surface area is 170 Å². The summed E-state index contributed by atoms with van der Waals surface area (Å²) in [5.41, 5.74) is 5.09. The zero-order valence-corrected chi connectivity index (χ0v) is 17.6. The highest BCUT2D eigenvalue weighted by atomic mass is 32.1. The van der Waals surface area contributed by atoms with Crippen LogP contribution in [0.1, 0.15) is 54.2 Å². The molecule has 0 unspecified atom stereocenters. The number of thiazole rings is 1. The van der Waals surface area contributed by atoms with Gasteiger partial charge in [-0.15, -0.1) is 0 Å². The minimum atomic E-state index is 0.586. The van der Waals surface area contributed by atoms with Crippen molar-refractivity contribution < 1.29 is 0 Å². The van der Waals surface area contributed by atoms with Crippen LogP contribution in [0.15, 0.2) is 40.0 Å². The summed E-state index contributed by atoms with van der Waals surface area (Å²) in [6.07, 6.45) is 6.24. The first-order chi connectivity index (χ1) is 13.6. The number of piperidine rings is 1. The summed E-state index contributed by atoms with van der Waals surface area (Å²) in [6, 6.07) is 6.04. The van der Waals surface area contributed by atoms with Crippen LogP contribution >= 0.6 is 11.3 Å². The Morgan fingerprint density at radius 2 is 2.00 bits per heavy atom. The number of aromatic nitrogens is 2. The number of fused-ring (bicyclic) bond motifs is 1. The van der Waals surface area contributed by atoms with Crippen LogP contribution in [0.2, 0.25) is 0 Å². The van der Waals surface area contributed by atoms with Crippen molar-refractivity contribution in [3.05, 3.63) is 57.4 Å². The second-order valence-electron chi connectivity index (χ2n) is 7.42. The van der Waals surface area contributed by atoms with Gasteiger partial charge in [-0.1, -0.05) is 23.5 Å². The second-order valence-corrected chi connectivity index (χ2v) is 8.43. The van der Waals surface area contributed by atoms with E-state index in [1.165, 1.54) is 17.8 Å². The first-order valence-corrected chi connectivity index (χ1v) is 10.9. The molecule has 1 fully saturated rings. The summed E-state index contributed by atoms with van der Waals surface area (Å²) in [5, 5.41) is 6.67. The second kappa shape index (κ2) is 8.45. The number of aryl methyl sites for hydroxylation is 3. The first kappa shape index (κ1) is 19.2. The van der Waals surface area contributed by atoms with Crippen LogP contribution in [-0.4, -0.2) is 28.8 Å². The molecule has 2 aromatic heterocycles. The lowest BCUT2D eigenvalue weighted by atomic mass is 9.99. The van der Waals surface area contributed by atoms with E-state index in [1.807, 2.05) is 39.0 Å². The molecule has 0 spiro atoms. The molecule has 0 atom stereocenters. The summed E-state index contributed by atoms with van der Waals surface area (Å²) in [6.45, 7) is 8.22. The Morgan fingerprint density at radius 1 is 1.18 bits per heavy atom. The zero-order valence-electron chi connectivity index (χ0n) is 16.8. The molecule has 2 aliphatic heterocycles. The maximum absolute atomic E-state index is 4.97. The largest absolute Gasteiger partial charge is 0.317 e. The quantitative estimate of drug-likeness (QED) is 0.852. The Bertz CT molecular complexity index is 996. The topological polar surface area (TPSA) is 62.5 Å². The SMILES string of the molecule is C/C=C(\N=c1cccc(C)nc1C)C1=Nc2sc(C3CCNCC3)nc2CC1. The lowest BCUT2D eigenvalue weighted by molar-refractivity contribution is 0.458. The van der Waals surface area contributed by atoms with E-state index in [2.05, 4.69) is 16.4 Å². The predicted octanol–water partition coefficient (Wildman–Crippen LogP) is 4.15. The molecule has 1 N–H and O–H groups in total. The molecule has 0 aliphatic carbocycles. The highest BCUT2D eigenvalue weighted by Crippen LogP contribution is 2.38. The van der Waals surface area contributed by atoms with Gasteiger partial charge in [0, 0.05) is 11.6 Å². The van der Waals surface area contributed by atoms with Crippen LogP contribution in [0.5, 0.6) is 0 Å². The van der Waals surface area contributed by atoms with Crippen LogP contribution in [0.4, 0.5) is 5.00 Å². The predicted molar refractivity (Wildman–Crippen MR) is 115 cm³/mol. The molecule has 5 nitrogen and oxygen atoms in total. The minimum absolute atomic E-state index is 0.586. The lowest BCUT2D eigenvalue weighted by Crippen LogP contribution is -2.26. The van der Waals surface area contributed by atoms with Crippen molar-refractivity contribution >= 4 is 22.0 Å². The first-order valence-electron chi connectivity index (χ1n) is 10.1. The summed E-state index contributed by atoms with van der Waals surface area (Å²) >= 11 is 1.78. The van der Waals surface area contributed by atoms with E-state index in [9.17, 15) is 0 Å². The van der Waals surface area contributed by atoms with Crippen molar-refractivity contribution in [2.45, 2.75) is 52.4 Å². The smallest absolute Gasteiger partial charge is 0.139 e. The fraction of sp³-hybridized carbons (Fsp3) is 0.455. The molecular weight excluding hydrogens is 366 g/mol. The maximum atomic E-state index is 4.97. The normalized spacial score (nSPS) is 18.8. The van der Waals surface area contributed by atoms with Gasteiger partial charge in [-0.3, -0.25) is 4.98 Å². The third kappa shape index (κ3) is 4.13. The van der Waals surface area contributed by atoms with Crippen LogP contribution in [0.25, 0.3) is 0 Å². The molecule has 4 rings (SSSR count). The number of nitrogens with one attached hydrogen (secondary N) is 1. The standard InChI is InChI=1S/C22H27N5S/c1-4-17(25-18-7-5-6-14(2)24-15(18)3)19-8-9-20-22(26-19)28-21(27-20)16-10-12-23-13-11-16/h4-7,16,23H,8-13H2,1-3H3/b17-4-,25-18?. The van der Waals surface area contributed by atoms with Crippen LogP contribution in [0.3, 0.4) is 0 Å². The molecule has 0 bridgehead atoms. The van der Waals surface area contributed by atoms with Crippen molar-refractivity contribution in [1.29, 1.82) is 0 Å². The van der Waals surface area contributed by atoms with Gasteiger partial charge in [-0.05, 0) is 71.7 Å². The van der Waals surface area contributed by atoms with Crippen LogP contribution < -0.4 is 10.7 Å². The fourth-order valence-corrected chi connectivity index (χ4v) is 4.94. The van der Waals surface area contributed by atoms with Gasteiger partial charge in [0.25, 0.3) is 0 Å². The molecule has 2 aromatic rings. The van der Waals surface area contributed by atoms with Gasteiger partial charge < -0.3 is 5.32 Å². The van der Waals surface area contributed by atoms with Gasteiger partial charge >= 0.3 is 0 Å². The van der Waals surface area contributed by atoms with Gasteiger partial charge in [0.1, 0.15) is 5.00 Å². The highest BCUT2D eigenvalue weighted by Gasteiger charge is 2.24. The van der Waals surface area contributed by atoms with Crippen LogP contribution in [-0.2, 0) is 6.42 Å². The van der Waals surface area contributed by atoms with Crippen molar-refractivity contribution in [2.24, 2.45) is 9.98 Å². The third-order valence-corrected chi connectivity index (χ3v) is 6.49. The van der Waals surface area contributed by atoms with E-state index in [0.29, 0.717) is 5.92 Å². The molecule has 2 aliphatic rings.